The maximum Gasteiger partial charge on any atom is 0.239 e. The first-order valence-corrected chi connectivity index (χ1v) is 8.30. The normalized spacial score (nSPS) is 17.5. The molecule has 0 aliphatic carbocycles. The number of hydrogen-bond acceptors (Lipinski definition) is 4. The quantitative estimate of drug-likeness (QED) is 0.654. The van der Waals surface area contributed by atoms with E-state index in [4.69, 9.17) is 0 Å². The first-order valence-electron chi connectivity index (χ1n) is 8.30. The summed E-state index contributed by atoms with van der Waals surface area (Å²) in [5, 5.41) is 6.43. The molecule has 1 aliphatic heterocycles. The Kier molecular flexibility index (Phi) is 7.63. The third-order valence-corrected chi connectivity index (χ3v) is 4.57. The molecule has 0 aromatic heterocycles. The maximum absolute atomic E-state index is 12.4. The van der Waals surface area contributed by atoms with Gasteiger partial charge in [-0.15, -0.1) is 0 Å². The van der Waals surface area contributed by atoms with Gasteiger partial charge >= 0.3 is 0 Å². The first-order chi connectivity index (χ1) is 9.85. The smallest absolute Gasteiger partial charge is 0.239 e. The molecule has 0 unspecified atom stereocenters. The average molecular weight is 298 g/mol. The van der Waals surface area contributed by atoms with E-state index in [1.165, 1.54) is 0 Å². The number of nitrogens with zero attached hydrogens (tertiary/aromatic N) is 2. The van der Waals surface area contributed by atoms with Crippen molar-refractivity contribution in [2.75, 3.05) is 46.3 Å². The molecule has 1 saturated heterocycles. The van der Waals surface area contributed by atoms with Gasteiger partial charge < -0.3 is 15.5 Å². The summed E-state index contributed by atoms with van der Waals surface area (Å²) in [6.45, 7) is 14.2. The molecule has 1 amide bonds. The Morgan fingerprint density at radius 2 is 1.90 bits per heavy atom. The predicted octanol–water partition coefficient (Wildman–Crippen LogP) is 0.907. The standard InChI is InChI=1S/C16H34N4O/c1-14(2)19(5)11-7-6-8-18-15(21)16(3,4)20-12-9-17-10-13-20/h14,17H,6-13H2,1-5H3,(H,18,21). The molecule has 0 radical (unpaired) electrons. The first kappa shape index (κ1) is 18.4. The van der Waals surface area contributed by atoms with Gasteiger partial charge in [0.15, 0.2) is 0 Å². The highest BCUT2D eigenvalue weighted by atomic mass is 16.2. The number of hydrogen-bond donors (Lipinski definition) is 2. The molecule has 1 rings (SSSR count). The van der Waals surface area contributed by atoms with Crippen molar-refractivity contribution in [3.8, 4) is 0 Å². The molecule has 1 fully saturated rings. The summed E-state index contributed by atoms with van der Waals surface area (Å²) in [5.41, 5.74) is -0.406. The van der Waals surface area contributed by atoms with Gasteiger partial charge in [0.1, 0.15) is 0 Å². The number of unbranched alkanes of at least 4 members (excludes halogenated alkanes) is 1. The van der Waals surface area contributed by atoms with Gasteiger partial charge in [0.05, 0.1) is 5.54 Å². The second kappa shape index (κ2) is 8.71. The summed E-state index contributed by atoms with van der Waals surface area (Å²) >= 11 is 0. The van der Waals surface area contributed by atoms with Gasteiger partial charge in [-0.05, 0) is 54.1 Å². The zero-order valence-corrected chi connectivity index (χ0v) is 14.5. The number of carbonyl (C=O) groups excluding carboxylic acids is 1. The van der Waals surface area contributed by atoms with Crippen molar-refractivity contribution in [3.63, 3.8) is 0 Å². The summed E-state index contributed by atoms with van der Waals surface area (Å²) in [6, 6.07) is 0.589. The van der Waals surface area contributed by atoms with E-state index in [1.807, 2.05) is 13.8 Å². The van der Waals surface area contributed by atoms with E-state index in [0.29, 0.717) is 6.04 Å². The third-order valence-electron chi connectivity index (χ3n) is 4.57. The van der Waals surface area contributed by atoms with Gasteiger partial charge in [0.25, 0.3) is 0 Å². The van der Waals surface area contributed by atoms with Crippen LogP contribution in [-0.2, 0) is 4.79 Å². The van der Waals surface area contributed by atoms with E-state index in [-0.39, 0.29) is 5.91 Å². The van der Waals surface area contributed by atoms with Crippen LogP contribution in [0.2, 0.25) is 0 Å². The zero-order chi connectivity index (χ0) is 15.9. The second-order valence-corrected chi connectivity index (χ2v) is 6.83. The van der Waals surface area contributed by atoms with Crippen LogP contribution >= 0.6 is 0 Å². The lowest BCUT2D eigenvalue weighted by Crippen LogP contribution is -2.60. The van der Waals surface area contributed by atoms with Crippen LogP contribution in [0.15, 0.2) is 0 Å². The Hall–Kier alpha value is -0.650. The second-order valence-electron chi connectivity index (χ2n) is 6.83. The largest absolute Gasteiger partial charge is 0.355 e. The van der Waals surface area contributed by atoms with E-state index >= 15 is 0 Å². The molecule has 0 spiro atoms. The Morgan fingerprint density at radius 1 is 1.29 bits per heavy atom. The lowest BCUT2D eigenvalue weighted by atomic mass is 10.0. The third kappa shape index (κ3) is 5.93. The van der Waals surface area contributed by atoms with Crippen LogP contribution in [0.3, 0.4) is 0 Å². The minimum Gasteiger partial charge on any atom is -0.355 e. The summed E-state index contributed by atoms with van der Waals surface area (Å²) in [5.74, 6) is 0.154. The molecule has 0 atom stereocenters. The molecular formula is C16H34N4O. The van der Waals surface area contributed by atoms with E-state index in [2.05, 4.69) is 41.3 Å². The van der Waals surface area contributed by atoms with Crippen LogP contribution in [0.4, 0.5) is 0 Å². The molecule has 0 bridgehead atoms. The number of rotatable bonds is 8. The van der Waals surface area contributed by atoms with Gasteiger partial charge in [-0.1, -0.05) is 0 Å². The molecule has 21 heavy (non-hydrogen) atoms. The van der Waals surface area contributed by atoms with Crippen molar-refractivity contribution in [2.24, 2.45) is 0 Å². The number of carbonyl (C=O) groups is 1. The van der Waals surface area contributed by atoms with E-state index in [1.54, 1.807) is 0 Å². The molecule has 0 saturated carbocycles. The van der Waals surface area contributed by atoms with Crippen molar-refractivity contribution >= 4 is 5.91 Å². The van der Waals surface area contributed by atoms with Crippen LogP contribution in [0.1, 0.15) is 40.5 Å². The molecule has 0 aromatic carbocycles. The molecule has 1 heterocycles. The molecule has 5 heteroatoms. The van der Waals surface area contributed by atoms with Gasteiger partial charge in [-0.3, -0.25) is 9.69 Å². The van der Waals surface area contributed by atoms with Gasteiger partial charge in [0, 0.05) is 38.8 Å². The monoisotopic (exact) mass is 298 g/mol. The summed E-state index contributed by atoms with van der Waals surface area (Å²) < 4.78 is 0. The minimum absolute atomic E-state index is 0.154. The lowest BCUT2D eigenvalue weighted by Gasteiger charge is -2.39. The van der Waals surface area contributed by atoms with Crippen molar-refractivity contribution in [1.82, 2.24) is 20.4 Å². The SMILES string of the molecule is CC(C)N(C)CCCCNC(=O)C(C)(C)N1CCNCC1. The molecular weight excluding hydrogens is 264 g/mol. The topological polar surface area (TPSA) is 47.6 Å². The number of piperazine rings is 1. The highest BCUT2D eigenvalue weighted by Crippen LogP contribution is 2.15. The molecule has 2 N–H and O–H groups in total. The van der Waals surface area contributed by atoms with E-state index in [9.17, 15) is 4.79 Å². The van der Waals surface area contributed by atoms with Crippen LogP contribution in [0.5, 0.6) is 0 Å². The highest BCUT2D eigenvalue weighted by molar-refractivity contribution is 5.85. The average Bonchev–Trinajstić information content (AvgIpc) is 2.47. The molecule has 124 valence electrons. The zero-order valence-electron chi connectivity index (χ0n) is 14.5. The van der Waals surface area contributed by atoms with Crippen molar-refractivity contribution < 1.29 is 4.79 Å². The van der Waals surface area contributed by atoms with Crippen LogP contribution < -0.4 is 10.6 Å². The lowest BCUT2D eigenvalue weighted by molar-refractivity contribution is -0.132. The number of nitrogens with one attached hydrogen (secondary N) is 2. The van der Waals surface area contributed by atoms with Gasteiger partial charge in [0.2, 0.25) is 5.91 Å². The fraction of sp³-hybridized carbons (Fsp3) is 0.938. The Morgan fingerprint density at radius 3 is 2.48 bits per heavy atom. The van der Waals surface area contributed by atoms with Gasteiger partial charge in [-0.2, -0.15) is 0 Å². The van der Waals surface area contributed by atoms with E-state index in [0.717, 1.165) is 52.1 Å². The molecule has 5 nitrogen and oxygen atoms in total. The predicted molar refractivity (Wildman–Crippen MR) is 88.5 cm³/mol. The minimum atomic E-state index is -0.406. The summed E-state index contributed by atoms with van der Waals surface area (Å²) in [4.78, 5) is 17.0. The van der Waals surface area contributed by atoms with E-state index < -0.39 is 5.54 Å². The Bertz CT molecular complexity index is 311. The summed E-state index contributed by atoms with van der Waals surface area (Å²) in [7, 11) is 2.15. The fourth-order valence-corrected chi connectivity index (χ4v) is 2.53. The summed E-state index contributed by atoms with van der Waals surface area (Å²) in [6.07, 6.45) is 2.17. The van der Waals surface area contributed by atoms with Crippen molar-refractivity contribution in [2.45, 2.75) is 52.1 Å². The van der Waals surface area contributed by atoms with Gasteiger partial charge in [-0.25, -0.2) is 0 Å². The Labute approximate surface area is 130 Å². The van der Waals surface area contributed by atoms with Crippen LogP contribution in [0, 0.1) is 0 Å². The van der Waals surface area contributed by atoms with Crippen molar-refractivity contribution in [3.05, 3.63) is 0 Å². The maximum atomic E-state index is 12.4. The molecule has 0 aromatic rings. The highest BCUT2D eigenvalue weighted by Gasteiger charge is 2.34. The fourth-order valence-electron chi connectivity index (χ4n) is 2.53. The van der Waals surface area contributed by atoms with Crippen LogP contribution in [-0.4, -0.2) is 73.6 Å². The molecule has 1 aliphatic rings. The number of amides is 1. The van der Waals surface area contributed by atoms with Crippen molar-refractivity contribution in [1.29, 1.82) is 0 Å². The Balaban J connectivity index is 2.23. The van der Waals surface area contributed by atoms with Crippen LogP contribution in [0.25, 0.3) is 0 Å².